The summed E-state index contributed by atoms with van der Waals surface area (Å²) in [5, 5.41) is 4.56. The summed E-state index contributed by atoms with van der Waals surface area (Å²) >= 11 is 9.78. The van der Waals surface area contributed by atoms with Gasteiger partial charge >= 0.3 is 5.69 Å². The highest BCUT2D eigenvalue weighted by atomic mass is 79.9. The molecule has 1 fully saturated rings. The van der Waals surface area contributed by atoms with Gasteiger partial charge in [0, 0.05) is 9.86 Å². The van der Waals surface area contributed by atoms with Crippen LogP contribution in [0.2, 0.25) is 5.02 Å². The van der Waals surface area contributed by atoms with Crippen molar-refractivity contribution < 1.29 is 0 Å². The largest absolute Gasteiger partial charge is 0.354 e. The minimum Gasteiger partial charge on any atom is -0.353 e. The fourth-order valence-corrected chi connectivity index (χ4v) is 3.39. The average molecular weight is 415 g/mol. The van der Waals surface area contributed by atoms with E-state index < -0.39 is 11.2 Å². The fraction of sp³-hybridized carbons (Fsp3) is 0.158. The monoisotopic (exact) mass is 413 g/mol. The van der Waals surface area contributed by atoms with Gasteiger partial charge in [-0.3, -0.25) is 4.57 Å². The van der Waals surface area contributed by atoms with E-state index in [1.807, 2.05) is 30.3 Å². The molecule has 0 spiro atoms. The van der Waals surface area contributed by atoms with E-state index in [9.17, 15) is 4.79 Å². The Hall–Kier alpha value is -2.29. The maximum absolute atomic E-state index is 12.8. The molecule has 1 aliphatic carbocycles. The predicted molar refractivity (Wildman–Crippen MR) is 104 cm³/mol. The Kier molecular flexibility index (Phi) is 3.82. The number of terminal acetylenes is 1. The van der Waals surface area contributed by atoms with E-state index in [-0.39, 0.29) is 0 Å². The summed E-state index contributed by atoms with van der Waals surface area (Å²) in [7, 11) is 0. The number of nitrogens with one attached hydrogen (secondary N) is 1. The van der Waals surface area contributed by atoms with Crippen molar-refractivity contribution in [3.8, 4) is 18.0 Å². The van der Waals surface area contributed by atoms with Gasteiger partial charge in [0.25, 0.3) is 0 Å². The molecule has 1 saturated carbocycles. The molecular formula is C19H13BrClN3O. The van der Waals surface area contributed by atoms with E-state index in [0.717, 1.165) is 22.7 Å². The Morgan fingerprint density at radius 1 is 1.28 bits per heavy atom. The second-order valence-corrected chi connectivity index (χ2v) is 7.37. The van der Waals surface area contributed by atoms with Crippen LogP contribution in [-0.2, 0) is 0 Å². The lowest BCUT2D eigenvalue weighted by atomic mass is 10.2. The molecule has 0 aliphatic heterocycles. The van der Waals surface area contributed by atoms with Crippen LogP contribution in [0.1, 0.15) is 12.8 Å². The first kappa shape index (κ1) is 16.2. The molecule has 4 rings (SSSR count). The molecule has 124 valence electrons. The maximum atomic E-state index is 12.8. The third-order valence-corrected chi connectivity index (χ3v) is 5.14. The third kappa shape index (κ3) is 2.82. The Morgan fingerprint density at radius 2 is 2.04 bits per heavy atom. The number of hydrogen-bond donors (Lipinski definition) is 1. The summed E-state index contributed by atoms with van der Waals surface area (Å²) in [5.74, 6) is 3.27. The number of halogens is 2. The van der Waals surface area contributed by atoms with Crippen LogP contribution in [0.15, 0.2) is 51.7 Å². The van der Waals surface area contributed by atoms with Crippen LogP contribution in [0.5, 0.6) is 0 Å². The number of hydrogen-bond acceptors (Lipinski definition) is 3. The van der Waals surface area contributed by atoms with Gasteiger partial charge in [-0.05, 0) is 43.2 Å². The fourth-order valence-electron chi connectivity index (χ4n) is 2.82. The van der Waals surface area contributed by atoms with E-state index in [2.05, 4.69) is 32.2 Å². The topological polar surface area (TPSA) is 46.9 Å². The van der Waals surface area contributed by atoms with Gasteiger partial charge in [-0.2, -0.15) is 4.98 Å². The SMILES string of the molecule is C#CC1(Nc2nc(=O)n(-c3ccccc3Cl)c3cc(Br)ccc23)CC1. The van der Waals surface area contributed by atoms with E-state index in [4.69, 9.17) is 18.0 Å². The van der Waals surface area contributed by atoms with Crippen molar-refractivity contribution in [1.82, 2.24) is 9.55 Å². The smallest absolute Gasteiger partial charge is 0.353 e. The van der Waals surface area contributed by atoms with Gasteiger partial charge in [0.15, 0.2) is 0 Å². The molecule has 0 unspecified atom stereocenters. The maximum Gasteiger partial charge on any atom is 0.354 e. The highest BCUT2D eigenvalue weighted by Gasteiger charge is 2.41. The second-order valence-electron chi connectivity index (χ2n) is 6.04. The van der Waals surface area contributed by atoms with Crippen LogP contribution >= 0.6 is 27.5 Å². The molecule has 4 nitrogen and oxygen atoms in total. The van der Waals surface area contributed by atoms with Gasteiger partial charge in [-0.25, -0.2) is 4.79 Å². The highest BCUT2D eigenvalue weighted by Crippen LogP contribution is 2.39. The Balaban J connectivity index is 2.01. The van der Waals surface area contributed by atoms with Crippen molar-refractivity contribution in [1.29, 1.82) is 0 Å². The van der Waals surface area contributed by atoms with Crippen LogP contribution < -0.4 is 11.0 Å². The van der Waals surface area contributed by atoms with Gasteiger partial charge in [0.05, 0.1) is 21.8 Å². The van der Waals surface area contributed by atoms with Crippen LogP contribution in [0.3, 0.4) is 0 Å². The lowest BCUT2D eigenvalue weighted by molar-refractivity contribution is 0.916. The first-order valence-electron chi connectivity index (χ1n) is 7.76. The van der Waals surface area contributed by atoms with E-state index in [0.29, 0.717) is 22.0 Å². The zero-order valence-corrected chi connectivity index (χ0v) is 15.4. The summed E-state index contributed by atoms with van der Waals surface area (Å²) < 4.78 is 2.37. The lowest BCUT2D eigenvalue weighted by Gasteiger charge is -2.17. The average Bonchev–Trinajstić information content (AvgIpc) is 3.36. The Labute approximate surface area is 158 Å². The molecular weight excluding hydrogens is 402 g/mol. The van der Waals surface area contributed by atoms with Crippen LogP contribution in [-0.4, -0.2) is 15.1 Å². The molecule has 0 saturated heterocycles. The quantitative estimate of drug-likeness (QED) is 0.647. The van der Waals surface area contributed by atoms with Gasteiger partial charge in [0.2, 0.25) is 0 Å². The molecule has 0 amide bonds. The minimum absolute atomic E-state index is 0.393. The number of benzene rings is 2. The molecule has 1 N–H and O–H groups in total. The zero-order valence-electron chi connectivity index (χ0n) is 13.1. The first-order valence-corrected chi connectivity index (χ1v) is 8.93. The van der Waals surface area contributed by atoms with E-state index in [1.54, 1.807) is 12.1 Å². The van der Waals surface area contributed by atoms with Crippen molar-refractivity contribution in [3.63, 3.8) is 0 Å². The number of nitrogens with zero attached hydrogens (tertiary/aromatic N) is 2. The van der Waals surface area contributed by atoms with Crippen LogP contribution in [0.25, 0.3) is 16.6 Å². The summed E-state index contributed by atoms with van der Waals surface area (Å²) in [6, 6.07) is 12.9. The molecule has 25 heavy (non-hydrogen) atoms. The summed E-state index contributed by atoms with van der Waals surface area (Å²) in [6.07, 6.45) is 7.36. The van der Waals surface area contributed by atoms with Crippen molar-refractivity contribution in [3.05, 3.63) is 62.4 Å². The van der Waals surface area contributed by atoms with Crippen molar-refractivity contribution in [2.45, 2.75) is 18.4 Å². The molecule has 0 bridgehead atoms. The van der Waals surface area contributed by atoms with Crippen LogP contribution in [0.4, 0.5) is 5.82 Å². The number of fused-ring (bicyclic) bond motifs is 1. The Bertz CT molecular complexity index is 1100. The zero-order chi connectivity index (χ0) is 17.6. The third-order valence-electron chi connectivity index (χ3n) is 4.33. The predicted octanol–water partition coefficient (Wildman–Crippen LogP) is 4.38. The molecule has 0 radical (unpaired) electrons. The van der Waals surface area contributed by atoms with Crippen molar-refractivity contribution in [2.75, 3.05) is 5.32 Å². The van der Waals surface area contributed by atoms with Gasteiger partial charge in [-0.1, -0.05) is 45.6 Å². The molecule has 2 aromatic carbocycles. The number of para-hydroxylation sites is 1. The molecule has 1 aliphatic rings. The highest BCUT2D eigenvalue weighted by molar-refractivity contribution is 9.10. The molecule has 6 heteroatoms. The number of aromatic nitrogens is 2. The number of anilines is 1. The summed E-state index contributed by atoms with van der Waals surface area (Å²) in [4.78, 5) is 17.0. The van der Waals surface area contributed by atoms with Gasteiger partial charge in [0.1, 0.15) is 5.82 Å². The standard InChI is InChI=1S/C19H13BrClN3O/c1-2-19(9-10-19)23-17-13-8-7-12(20)11-16(13)24(18(25)22-17)15-6-4-3-5-14(15)21/h1,3-8,11H,9-10H2,(H,22,23,25). The lowest BCUT2D eigenvalue weighted by Crippen LogP contribution is -2.27. The number of rotatable bonds is 3. The van der Waals surface area contributed by atoms with Crippen molar-refractivity contribution >= 4 is 44.3 Å². The van der Waals surface area contributed by atoms with Gasteiger partial charge in [-0.15, -0.1) is 6.42 Å². The second kappa shape index (κ2) is 5.91. The van der Waals surface area contributed by atoms with E-state index >= 15 is 0 Å². The Morgan fingerprint density at radius 3 is 2.72 bits per heavy atom. The minimum atomic E-state index is -0.408. The van der Waals surface area contributed by atoms with E-state index in [1.165, 1.54) is 4.57 Å². The summed E-state index contributed by atoms with van der Waals surface area (Å²) in [5.41, 5.74) is 0.497. The summed E-state index contributed by atoms with van der Waals surface area (Å²) in [6.45, 7) is 0. The molecule has 1 heterocycles. The first-order chi connectivity index (χ1) is 12.0. The molecule has 0 atom stereocenters. The van der Waals surface area contributed by atoms with Crippen molar-refractivity contribution in [2.24, 2.45) is 0 Å². The van der Waals surface area contributed by atoms with Gasteiger partial charge < -0.3 is 5.32 Å². The molecule has 3 aromatic rings. The normalized spacial score (nSPS) is 14.9. The van der Waals surface area contributed by atoms with Crippen LogP contribution in [0, 0.1) is 12.3 Å². The molecule has 1 aromatic heterocycles.